The number of pyridine rings is 1. The topological polar surface area (TPSA) is 116 Å². The van der Waals surface area contributed by atoms with Gasteiger partial charge in [0, 0.05) is 23.1 Å². The SMILES string of the molecule is C[N+](C)(C)CCn1c([O-])c2ccc3c4c2c(c1=O)C(=NCCc1ccc(O)c(C[N+](C)(C)C)c1)C=C4C(=O)[NH+](CC[N+](C)(C)C)C3=O. The van der Waals surface area contributed by atoms with Crippen molar-refractivity contribution in [1.29, 1.82) is 0 Å². The number of aromatic hydroxyl groups is 1. The standard InChI is InChI=1S/C36H47N6O5/c1-40(2,3)18-16-38-33(44)25-11-12-26-31-30(25)27(35(38)46)21-28(32(31)36(47)39(34(26)45)17-19-41(4,5)6)37-15-14-23-10-13-29(43)24(20-23)22-42(7,8)9/h10-13,20-21H,14-19,22H2,1-9H3/q+1/p+2. The molecule has 0 saturated heterocycles. The fraction of sp³-hybridized carbons (Fsp3) is 0.444. The smallest absolute Gasteiger partial charge is 0.352 e. The number of nitrogens with zero attached hydrogens (tertiary/aromatic N) is 5. The molecule has 2 aliphatic rings. The van der Waals surface area contributed by atoms with Crippen LogP contribution in [0.1, 0.15) is 32.6 Å². The van der Waals surface area contributed by atoms with Gasteiger partial charge in [-0.1, -0.05) is 12.1 Å². The zero-order chi connectivity index (χ0) is 34.6. The predicted molar refractivity (Wildman–Crippen MR) is 182 cm³/mol. The third kappa shape index (κ3) is 7.08. The van der Waals surface area contributed by atoms with Crippen molar-refractivity contribution in [3.8, 4) is 11.6 Å². The molecular weight excluding hydrogens is 596 g/mol. The molecule has 2 aromatic carbocycles. The second-order valence-electron chi connectivity index (χ2n) is 15.9. The van der Waals surface area contributed by atoms with Crippen LogP contribution in [0.25, 0.3) is 16.3 Å². The Hall–Kier alpha value is -4.16. The summed E-state index contributed by atoms with van der Waals surface area (Å²) in [5.41, 5.74) is 2.99. The Morgan fingerprint density at radius 3 is 2.17 bits per heavy atom. The number of aliphatic imine (C=N–C) groups is 1. The molecule has 2 amide bonds. The average molecular weight is 646 g/mol. The first-order valence-electron chi connectivity index (χ1n) is 16.1. The van der Waals surface area contributed by atoms with E-state index in [1.807, 2.05) is 54.4 Å². The van der Waals surface area contributed by atoms with Crippen LogP contribution >= 0.6 is 0 Å². The number of amides is 2. The van der Waals surface area contributed by atoms with Crippen molar-refractivity contribution in [3.63, 3.8) is 0 Å². The van der Waals surface area contributed by atoms with Crippen LogP contribution in [0.2, 0.25) is 0 Å². The van der Waals surface area contributed by atoms with Crippen LogP contribution in [0, 0.1) is 0 Å². The van der Waals surface area contributed by atoms with Gasteiger partial charge in [-0.25, -0.2) is 9.59 Å². The number of hydrogen-bond donors (Lipinski definition) is 2. The molecule has 0 radical (unpaired) electrons. The first-order valence-corrected chi connectivity index (χ1v) is 16.1. The summed E-state index contributed by atoms with van der Waals surface area (Å²) in [6.07, 6.45) is 2.19. The fourth-order valence-electron chi connectivity index (χ4n) is 6.25. The van der Waals surface area contributed by atoms with Crippen LogP contribution in [0.15, 0.2) is 46.2 Å². The Kier molecular flexibility index (Phi) is 8.82. The number of aromatic nitrogens is 1. The molecule has 11 nitrogen and oxygen atoms in total. The van der Waals surface area contributed by atoms with E-state index in [-0.39, 0.29) is 34.6 Å². The molecule has 0 spiro atoms. The highest BCUT2D eigenvalue weighted by atomic mass is 16.3. The van der Waals surface area contributed by atoms with Gasteiger partial charge in [-0.05, 0) is 47.5 Å². The van der Waals surface area contributed by atoms with Gasteiger partial charge >= 0.3 is 11.8 Å². The molecule has 2 heterocycles. The molecule has 1 aliphatic carbocycles. The number of quaternary nitrogens is 4. The lowest BCUT2D eigenvalue weighted by molar-refractivity contribution is -0.891. The largest absolute Gasteiger partial charge is 0.860 e. The van der Waals surface area contributed by atoms with Crippen molar-refractivity contribution < 1.29 is 38.2 Å². The van der Waals surface area contributed by atoms with Crippen LogP contribution in [-0.4, -0.2) is 130 Å². The summed E-state index contributed by atoms with van der Waals surface area (Å²) in [5.74, 6) is -0.900. The van der Waals surface area contributed by atoms with Crippen LogP contribution in [0.4, 0.5) is 0 Å². The number of benzene rings is 2. The van der Waals surface area contributed by atoms with Gasteiger partial charge in [0.1, 0.15) is 25.4 Å². The number of carbonyl (C=O) groups excluding carboxylic acids is 2. The van der Waals surface area contributed by atoms with Crippen LogP contribution in [-0.2, 0) is 24.3 Å². The van der Waals surface area contributed by atoms with Crippen LogP contribution < -0.4 is 15.6 Å². The third-order valence-electron chi connectivity index (χ3n) is 8.73. The summed E-state index contributed by atoms with van der Waals surface area (Å²) in [5, 5.41) is 24.9. The second-order valence-corrected chi connectivity index (χ2v) is 15.9. The number of hydrogen-bond acceptors (Lipinski definition) is 6. The molecule has 47 heavy (non-hydrogen) atoms. The van der Waals surface area contributed by atoms with E-state index in [2.05, 4.69) is 21.1 Å². The number of carbonyl (C=O) groups is 2. The van der Waals surface area contributed by atoms with Gasteiger partial charge < -0.3 is 28.2 Å². The molecule has 11 heteroatoms. The molecular formula is C36H49N6O5+3. The maximum atomic E-state index is 14.2. The molecule has 3 aromatic rings. The van der Waals surface area contributed by atoms with Crippen LogP contribution in [0.3, 0.4) is 0 Å². The summed E-state index contributed by atoms with van der Waals surface area (Å²) < 4.78 is 3.07. The Balaban J connectivity index is 1.64. The average Bonchev–Trinajstić information content (AvgIpc) is 2.94. The first-order chi connectivity index (χ1) is 21.8. The quantitative estimate of drug-likeness (QED) is 0.231. The molecule has 1 aromatic heterocycles. The maximum absolute atomic E-state index is 14.2. The van der Waals surface area contributed by atoms with Crippen molar-refractivity contribution in [3.05, 3.63) is 74.6 Å². The van der Waals surface area contributed by atoms with Crippen molar-refractivity contribution >= 4 is 33.9 Å². The Bertz CT molecular complexity index is 1900. The van der Waals surface area contributed by atoms with Gasteiger partial charge in [-0.15, -0.1) is 0 Å². The van der Waals surface area contributed by atoms with Gasteiger partial charge in [0.2, 0.25) is 0 Å². The van der Waals surface area contributed by atoms with E-state index < -0.39 is 11.4 Å². The zero-order valence-corrected chi connectivity index (χ0v) is 29.2. The minimum Gasteiger partial charge on any atom is -0.860 e. The number of rotatable bonds is 11. The highest BCUT2D eigenvalue weighted by Gasteiger charge is 2.44. The molecule has 2 N–H and O–H groups in total. The van der Waals surface area contributed by atoms with E-state index in [1.54, 1.807) is 24.3 Å². The highest BCUT2D eigenvalue weighted by molar-refractivity contribution is 6.37. The monoisotopic (exact) mass is 645 g/mol. The summed E-state index contributed by atoms with van der Waals surface area (Å²) >= 11 is 0. The van der Waals surface area contributed by atoms with Gasteiger partial charge in [0.05, 0.1) is 98.9 Å². The van der Waals surface area contributed by atoms with Crippen molar-refractivity contribution in [2.24, 2.45) is 4.99 Å². The lowest BCUT2D eigenvalue weighted by atomic mass is 9.81. The van der Waals surface area contributed by atoms with Crippen LogP contribution in [0.5, 0.6) is 11.6 Å². The van der Waals surface area contributed by atoms with Gasteiger partial charge in [0.25, 0.3) is 5.56 Å². The molecule has 0 saturated carbocycles. The molecule has 1 unspecified atom stereocenters. The Morgan fingerprint density at radius 1 is 0.851 bits per heavy atom. The molecule has 1 aliphatic heterocycles. The minimum atomic E-state index is -0.465. The number of likely N-dealkylation sites (N-methyl/N-ethyl adjacent to an activating group) is 2. The summed E-state index contributed by atoms with van der Waals surface area (Å²) in [6, 6.07) is 8.80. The van der Waals surface area contributed by atoms with Crippen molar-refractivity contribution in [2.45, 2.75) is 19.5 Å². The third-order valence-corrected chi connectivity index (χ3v) is 8.73. The molecule has 5 rings (SSSR count). The van der Waals surface area contributed by atoms with Gasteiger partial charge in [-0.3, -0.25) is 9.79 Å². The summed E-state index contributed by atoms with van der Waals surface area (Å²) in [7, 11) is 18.2. The lowest BCUT2D eigenvalue weighted by Gasteiger charge is -2.32. The number of phenolic OH excluding ortho intramolecular Hbond substituents is 1. The van der Waals surface area contributed by atoms with E-state index in [0.29, 0.717) is 85.8 Å². The maximum Gasteiger partial charge on any atom is 0.352 e. The Labute approximate surface area is 276 Å². The van der Waals surface area contributed by atoms with Crippen molar-refractivity contribution in [2.75, 3.05) is 89.6 Å². The molecule has 1 atom stereocenters. The fourth-order valence-corrected chi connectivity index (χ4v) is 6.25. The number of allylic oxidation sites excluding steroid dienone is 1. The second kappa shape index (κ2) is 12.1. The highest BCUT2D eigenvalue weighted by Crippen LogP contribution is 2.38. The van der Waals surface area contributed by atoms with Crippen molar-refractivity contribution in [1.82, 2.24) is 4.57 Å². The number of nitrogens with one attached hydrogen (secondary N) is 1. The van der Waals surface area contributed by atoms with E-state index in [4.69, 9.17) is 4.99 Å². The summed E-state index contributed by atoms with van der Waals surface area (Å²) in [4.78, 5) is 47.1. The summed E-state index contributed by atoms with van der Waals surface area (Å²) in [6.45, 7) is 2.64. The minimum absolute atomic E-state index is 0.214. The zero-order valence-electron chi connectivity index (χ0n) is 29.2. The number of imide groups is 1. The van der Waals surface area contributed by atoms with Gasteiger partial charge in [0.15, 0.2) is 0 Å². The van der Waals surface area contributed by atoms with Gasteiger partial charge in [-0.2, -0.15) is 4.90 Å². The predicted octanol–water partition coefficient (Wildman–Crippen LogP) is 0.393. The van der Waals surface area contributed by atoms with E-state index >= 15 is 0 Å². The lowest BCUT2D eigenvalue weighted by Crippen LogP contribution is -3.18. The molecule has 250 valence electrons. The molecule has 0 bridgehead atoms. The normalized spacial score (nSPS) is 17.5. The molecule has 0 fully saturated rings. The first kappa shape index (κ1) is 34.2. The Morgan fingerprint density at radius 2 is 1.53 bits per heavy atom. The van der Waals surface area contributed by atoms with E-state index in [0.717, 1.165) is 11.1 Å². The van der Waals surface area contributed by atoms with E-state index in [1.165, 1.54) is 4.57 Å². The number of phenols is 1. The van der Waals surface area contributed by atoms with E-state index in [9.17, 15) is 24.6 Å².